The SMILES string of the molecule is c1ccc(-c2cc(-c3ccc(-c4ccc5ccc6c(-c7ccccn7)ccc7ccc4c5c76)cc3)cc(-c3ccccn3)c2)nc1. The normalized spacial score (nSPS) is 11.5. The fraction of sp³-hybridized carbons (Fsp3) is 0. The zero-order chi connectivity index (χ0) is 30.5. The molecule has 0 N–H and O–H groups in total. The van der Waals surface area contributed by atoms with Crippen molar-refractivity contribution in [2.45, 2.75) is 0 Å². The molecule has 6 aromatic carbocycles. The number of aromatic nitrogens is 3. The van der Waals surface area contributed by atoms with Crippen molar-refractivity contribution in [1.29, 1.82) is 0 Å². The summed E-state index contributed by atoms with van der Waals surface area (Å²) in [6, 6.07) is 51.7. The van der Waals surface area contributed by atoms with Crippen LogP contribution >= 0.6 is 0 Å². The van der Waals surface area contributed by atoms with E-state index < -0.39 is 0 Å². The molecule has 9 aromatic rings. The van der Waals surface area contributed by atoms with E-state index in [0.29, 0.717) is 0 Å². The molecule has 0 aliphatic rings. The van der Waals surface area contributed by atoms with Crippen molar-refractivity contribution in [2.24, 2.45) is 0 Å². The average molecular weight is 586 g/mol. The Morgan fingerprint density at radius 2 is 0.761 bits per heavy atom. The van der Waals surface area contributed by atoms with Crippen molar-refractivity contribution < 1.29 is 0 Å². The quantitative estimate of drug-likeness (QED) is 0.189. The number of hydrogen-bond donors (Lipinski definition) is 0. The molecule has 0 bridgehead atoms. The second-order valence-electron chi connectivity index (χ2n) is 11.7. The van der Waals surface area contributed by atoms with Crippen LogP contribution < -0.4 is 0 Å². The van der Waals surface area contributed by atoms with Gasteiger partial charge in [0.05, 0.1) is 17.1 Å². The van der Waals surface area contributed by atoms with Crippen LogP contribution in [0.1, 0.15) is 0 Å². The Balaban J connectivity index is 1.17. The lowest BCUT2D eigenvalue weighted by Crippen LogP contribution is -1.91. The fourth-order valence-corrected chi connectivity index (χ4v) is 6.80. The third-order valence-electron chi connectivity index (χ3n) is 8.99. The second kappa shape index (κ2) is 10.8. The van der Waals surface area contributed by atoms with E-state index in [9.17, 15) is 0 Å². The van der Waals surface area contributed by atoms with Crippen LogP contribution in [0.4, 0.5) is 0 Å². The summed E-state index contributed by atoms with van der Waals surface area (Å²) in [5.41, 5.74) is 10.9. The van der Waals surface area contributed by atoms with E-state index in [1.165, 1.54) is 43.4 Å². The maximum atomic E-state index is 4.67. The van der Waals surface area contributed by atoms with E-state index in [1.807, 2.05) is 48.9 Å². The predicted octanol–water partition coefficient (Wildman–Crippen LogP) is 11.1. The highest BCUT2D eigenvalue weighted by atomic mass is 14.7. The molecule has 3 heterocycles. The van der Waals surface area contributed by atoms with Gasteiger partial charge in [-0.05, 0) is 109 Å². The highest BCUT2D eigenvalue weighted by Gasteiger charge is 2.15. The van der Waals surface area contributed by atoms with E-state index in [4.69, 9.17) is 0 Å². The summed E-state index contributed by atoms with van der Waals surface area (Å²) < 4.78 is 0. The van der Waals surface area contributed by atoms with Crippen LogP contribution in [0.2, 0.25) is 0 Å². The molecule has 0 saturated heterocycles. The summed E-state index contributed by atoms with van der Waals surface area (Å²) in [5.74, 6) is 0. The van der Waals surface area contributed by atoms with Crippen LogP contribution in [0.15, 0.2) is 164 Å². The summed E-state index contributed by atoms with van der Waals surface area (Å²) in [6.45, 7) is 0. The molecule has 3 aromatic heterocycles. The minimum absolute atomic E-state index is 0.943. The highest BCUT2D eigenvalue weighted by molar-refractivity contribution is 6.27. The van der Waals surface area contributed by atoms with Crippen LogP contribution in [-0.4, -0.2) is 15.0 Å². The van der Waals surface area contributed by atoms with Gasteiger partial charge in [0, 0.05) is 35.3 Å². The molecule has 0 fully saturated rings. The van der Waals surface area contributed by atoms with E-state index in [2.05, 4.69) is 130 Å². The topological polar surface area (TPSA) is 38.7 Å². The lowest BCUT2D eigenvalue weighted by Gasteiger charge is -2.16. The molecular weight excluding hydrogens is 558 g/mol. The Hall–Kier alpha value is -6.19. The largest absolute Gasteiger partial charge is 0.256 e. The number of benzene rings is 6. The lowest BCUT2D eigenvalue weighted by atomic mass is 9.87. The maximum absolute atomic E-state index is 4.67. The monoisotopic (exact) mass is 585 g/mol. The van der Waals surface area contributed by atoms with Gasteiger partial charge in [0.2, 0.25) is 0 Å². The summed E-state index contributed by atoms with van der Waals surface area (Å²) in [5, 5.41) is 7.59. The van der Waals surface area contributed by atoms with Gasteiger partial charge in [-0.2, -0.15) is 0 Å². The van der Waals surface area contributed by atoms with Crippen molar-refractivity contribution in [3.63, 3.8) is 0 Å². The molecule has 3 heteroatoms. The number of rotatable bonds is 5. The molecule has 214 valence electrons. The third kappa shape index (κ3) is 4.41. The Bertz CT molecular complexity index is 2430. The first-order valence-corrected chi connectivity index (χ1v) is 15.5. The van der Waals surface area contributed by atoms with Gasteiger partial charge in [-0.1, -0.05) is 91.0 Å². The Morgan fingerprint density at radius 1 is 0.304 bits per heavy atom. The fourth-order valence-electron chi connectivity index (χ4n) is 6.80. The van der Waals surface area contributed by atoms with Gasteiger partial charge in [0.15, 0.2) is 0 Å². The molecule has 0 aliphatic heterocycles. The molecule has 0 saturated carbocycles. The van der Waals surface area contributed by atoms with Gasteiger partial charge >= 0.3 is 0 Å². The van der Waals surface area contributed by atoms with E-state index >= 15 is 0 Å². The molecule has 9 rings (SSSR count). The maximum Gasteiger partial charge on any atom is 0.0708 e. The Morgan fingerprint density at radius 3 is 1.30 bits per heavy atom. The molecule has 0 unspecified atom stereocenters. The van der Waals surface area contributed by atoms with E-state index in [-0.39, 0.29) is 0 Å². The van der Waals surface area contributed by atoms with Crippen molar-refractivity contribution in [1.82, 2.24) is 15.0 Å². The molecule has 0 spiro atoms. The molecular formula is C43H27N3. The van der Waals surface area contributed by atoms with Crippen molar-refractivity contribution in [2.75, 3.05) is 0 Å². The van der Waals surface area contributed by atoms with Crippen LogP contribution in [0, 0.1) is 0 Å². The average Bonchev–Trinajstić information content (AvgIpc) is 3.14. The molecule has 3 nitrogen and oxygen atoms in total. The lowest BCUT2D eigenvalue weighted by molar-refractivity contribution is 1.31. The van der Waals surface area contributed by atoms with Crippen LogP contribution in [-0.2, 0) is 0 Å². The standard InChI is InChI=1S/C43H27N3/c1-4-22-44-39(7-1)33-25-32(26-34(27-33)40-8-2-5-23-45-40)28-10-12-29(13-11-28)35-18-14-30-17-21-38-36(41-9-3-6-24-46-41)19-15-31-16-20-37(35)42(30)43(31)38/h1-27H. The van der Waals surface area contributed by atoms with Crippen LogP contribution in [0.5, 0.6) is 0 Å². The van der Waals surface area contributed by atoms with Crippen molar-refractivity contribution in [3.8, 4) is 56.0 Å². The molecule has 0 aliphatic carbocycles. The van der Waals surface area contributed by atoms with Crippen molar-refractivity contribution in [3.05, 3.63) is 164 Å². The van der Waals surface area contributed by atoms with Gasteiger partial charge in [-0.3, -0.25) is 15.0 Å². The third-order valence-corrected chi connectivity index (χ3v) is 8.99. The molecule has 0 atom stereocenters. The first-order chi connectivity index (χ1) is 22.8. The molecule has 0 radical (unpaired) electrons. The van der Waals surface area contributed by atoms with Gasteiger partial charge < -0.3 is 0 Å². The number of pyridine rings is 3. The van der Waals surface area contributed by atoms with Gasteiger partial charge in [0.1, 0.15) is 0 Å². The van der Waals surface area contributed by atoms with Gasteiger partial charge in [0.25, 0.3) is 0 Å². The smallest absolute Gasteiger partial charge is 0.0708 e. The summed E-state index contributed by atoms with van der Waals surface area (Å²) in [7, 11) is 0. The number of nitrogens with zero attached hydrogens (tertiary/aromatic N) is 3. The predicted molar refractivity (Wildman–Crippen MR) is 191 cm³/mol. The summed E-state index contributed by atoms with van der Waals surface area (Å²) in [6.07, 6.45) is 5.55. The zero-order valence-electron chi connectivity index (χ0n) is 24.9. The summed E-state index contributed by atoms with van der Waals surface area (Å²) in [4.78, 5) is 13.9. The van der Waals surface area contributed by atoms with Gasteiger partial charge in [-0.25, -0.2) is 0 Å². The highest BCUT2D eigenvalue weighted by Crippen LogP contribution is 2.42. The first-order valence-electron chi connectivity index (χ1n) is 15.5. The second-order valence-corrected chi connectivity index (χ2v) is 11.7. The van der Waals surface area contributed by atoms with Crippen LogP contribution in [0.25, 0.3) is 88.3 Å². The Kier molecular flexibility index (Phi) is 6.14. The summed E-state index contributed by atoms with van der Waals surface area (Å²) >= 11 is 0. The van der Waals surface area contributed by atoms with Crippen molar-refractivity contribution >= 4 is 32.3 Å². The van der Waals surface area contributed by atoms with E-state index in [0.717, 1.165) is 44.9 Å². The molecule has 46 heavy (non-hydrogen) atoms. The zero-order valence-corrected chi connectivity index (χ0v) is 24.9. The Labute approximate surface area is 266 Å². The minimum Gasteiger partial charge on any atom is -0.256 e. The number of hydrogen-bond acceptors (Lipinski definition) is 3. The van der Waals surface area contributed by atoms with E-state index in [1.54, 1.807) is 0 Å². The van der Waals surface area contributed by atoms with Gasteiger partial charge in [-0.15, -0.1) is 0 Å². The molecule has 0 amide bonds. The van der Waals surface area contributed by atoms with Crippen LogP contribution in [0.3, 0.4) is 0 Å². The first kappa shape index (κ1) is 26.2. The minimum atomic E-state index is 0.943.